The molecule has 12 heteroatoms. The molecule has 2 rings (SSSR count). The third kappa shape index (κ3) is 8.22. The smallest absolute Gasteiger partial charge is 0.333 e. The van der Waals surface area contributed by atoms with E-state index in [1.54, 1.807) is 0 Å². The van der Waals surface area contributed by atoms with Crippen LogP contribution < -0.4 is 0 Å². The van der Waals surface area contributed by atoms with Gasteiger partial charge in [0.2, 0.25) is 0 Å². The Hall–Kier alpha value is -2.61. The quantitative estimate of drug-likeness (QED) is 0.213. The van der Waals surface area contributed by atoms with Gasteiger partial charge < -0.3 is 43.7 Å². The molecule has 3 N–H and O–H groups in total. The highest BCUT2D eigenvalue weighted by molar-refractivity contribution is 5.88. The highest BCUT2D eigenvalue weighted by Crippen LogP contribution is 2.29. The number of hydrogen-bond donors (Lipinski definition) is 3. The van der Waals surface area contributed by atoms with Gasteiger partial charge in [0.25, 0.3) is 0 Å². The first kappa shape index (κ1) is 29.6. The number of ether oxygens (including phenoxy) is 6. The summed E-state index contributed by atoms with van der Waals surface area (Å²) in [6, 6.07) is 0. The maximum atomic E-state index is 12.2. The molecule has 0 saturated heterocycles. The predicted molar refractivity (Wildman–Crippen MR) is 122 cm³/mol. The van der Waals surface area contributed by atoms with Crippen LogP contribution in [0.2, 0.25) is 0 Å². The summed E-state index contributed by atoms with van der Waals surface area (Å²) < 4.78 is 32.0. The Balaban J connectivity index is 2.30. The van der Waals surface area contributed by atoms with Crippen LogP contribution >= 0.6 is 0 Å². The van der Waals surface area contributed by atoms with Crippen molar-refractivity contribution in [3.05, 3.63) is 35.5 Å². The van der Waals surface area contributed by atoms with E-state index in [1.165, 1.54) is 32.9 Å². The molecule has 12 nitrogen and oxygen atoms in total. The van der Waals surface area contributed by atoms with Crippen LogP contribution in [0.3, 0.4) is 0 Å². The van der Waals surface area contributed by atoms with Gasteiger partial charge in [-0.1, -0.05) is 6.58 Å². The average Bonchev–Trinajstić information content (AvgIpc) is 2.93. The molecule has 0 aromatic carbocycles. The minimum Gasteiger partial charge on any atom is -0.460 e. The lowest BCUT2D eigenvalue weighted by molar-refractivity contribution is -0.252. The van der Waals surface area contributed by atoms with Gasteiger partial charge >= 0.3 is 17.9 Å². The SMILES string of the molecule is C=C(C)C(=O)OCC(O)COC(C1(O)COC/C=C(/C)C(=O)OC1)C1(O)COC/C=C(/C)C(=O)OC1. The van der Waals surface area contributed by atoms with Crippen molar-refractivity contribution in [3.63, 3.8) is 0 Å². The highest BCUT2D eigenvalue weighted by Gasteiger charge is 2.53. The van der Waals surface area contributed by atoms with Gasteiger partial charge in [-0.25, -0.2) is 14.4 Å². The minimum atomic E-state index is -2.16. The van der Waals surface area contributed by atoms with E-state index in [9.17, 15) is 29.7 Å². The van der Waals surface area contributed by atoms with Gasteiger partial charge in [-0.15, -0.1) is 0 Å². The fraction of sp³-hybridized carbons (Fsp3) is 0.625. The number of esters is 3. The van der Waals surface area contributed by atoms with Crippen molar-refractivity contribution < 1.29 is 58.1 Å². The van der Waals surface area contributed by atoms with Gasteiger partial charge in [0, 0.05) is 16.7 Å². The molecular formula is C24H34O12. The van der Waals surface area contributed by atoms with Crippen LogP contribution in [0, 0.1) is 0 Å². The van der Waals surface area contributed by atoms with Crippen LogP contribution in [0.5, 0.6) is 0 Å². The predicted octanol–water partition coefficient (Wildman–Crippen LogP) is -0.647. The Morgan fingerprint density at radius 1 is 0.972 bits per heavy atom. The summed E-state index contributed by atoms with van der Waals surface area (Å²) in [5.74, 6) is -2.15. The molecular weight excluding hydrogens is 480 g/mol. The van der Waals surface area contributed by atoms with Crippen molar-refractivity contribution in [2.24, 2.45) is 0 Å². The van der Waals surface area contributed by atoms with Crippen LogP contribution in [-0.4, -0.2) is 109 Å². The first-order valence-corrected chi connectivity index (χ1v) is 11.3. The van der Waals surface area contributed by atoms with Crippen molar-refractivity contribution >= 4 is 17.9 Å². The maximum absolute atomic E-state index is 12.2. The van der Waals surface area contributed by atoms with Crippen molar-refractivity contribution in [2.45, 2.75) is 44.2 Å². The minimum absolute atomic E-state index is 0.0392. The van der Waals surface area contributed by atoms with Crippen molar-refractivity contribution in [2.75, 3.05) is 52.9 Å². The van der Waals surface area contributed by atoms with E-state index in [2.05, 4.69) is 6.58 Å². The lowest BCUT2D eigenvalue weighted by atomic mass is 9.84. The van der Waals surface area contributed by atoms with Gasteiger partial charge in [0.1, 0.15) is 32.0 Å². The fourth-order valence-corrected chi connectivity index (χ4v) is 3.36. The largest absolute Gasteiger partial charge is 0.460 e. The maximum Gasteiger partial charge on any atom is 0.333 e. The monoisotopic (exact) mass is 514 g/mol. The molecule has 0 radical (unpaired) electrons. The number of aliphatic hydroxyl groups excluding tert-OH is 1. The van der Waals surface area contributed by atoms with Crippen LogP contribution in [0.15, 0.2) is 35.5 Å². The topological polar surface area (TPSA) is 167 Å². The summed E-state index contributed by atoms with van der Waals surface area (Å²) in [4.78, 5) is 36.1. The van der Waals surface area contributed by atoms with Crippen molar-refractivity contribution in [3.8, 4) is 0 Å². The lowest BCUT2D eigenvalue weighted by Crippen LogP contribution is -2.66. The summed E-state index contributed by atoms with van der Waals surface area (Å²) in [7, 11) is 0. The second-order valence-corrected chi connectivity index (χ2v) is 8.91. The van der Waals surface area contributed by atoms with E-state index in [0.29, 0.717) is 0 Å². The van der Waals surface area contributed by atoms with Crippen LogP contribution in [-0.2, 0) is 42.8 Å². The summed E-state index contributed by atoms with van der Waals surface area (Å²) >= 11 is 0. The standard InChI is InChI=1S/C24H34O12/c1-15(2)19(26)33-9-18(25)10-34-22(23(29)11-31-7-5-16(3)20(27)35-13-23)24(30)12-32-8-6-17(4)21(28)36-14-24/h5-6,18,22,25,29-30H,1,7-14H2,2-4H3/b16-5-,17-6-. The van der Waals surface area contributed by atoms with E-state index >= 15 is 0 Å². The van der Waals surface area contributed by atoms with Crippen molar-refractivity contribution in [1.82, 2.24) is 0 Å². The molecule has 0 aliphatic carbocycles. The van der Waals surface area contributed by atoms with Gasteiger partial charge in [-0.05, 0) is 32.9 Å². The molecule has 0 spiro atoms. The van der Waals surface area contributed by atoms with Gasteiger partial charge in [-0.2, -0.15) is 0 Å². The first-order chi connectivity index (χ1) is 16.9. The molecule has 0 fully saturated rings. The molecule has 0 amide bonds. The third-order valence-corrected chi connectivity index (χ3v) is 5.46. The van der Waals surface area contributed by atoms with Crippen molar-refractivity contribution in [1.29, 1.82) is 0 Å². The second kappa shape index (κ2) is 13.1. The van der Waals surface area contributed by atoms with Gasteiger partial charge in [0.15, 0.2) is 11.2 Å². The lowest BCUT2D eigenvalue weighted by Gasteiger charge is -2.44. The van der Waals surface area contributed by atoms with E-state index in [0.717, 1.165) is 0 Å². The number of hydrogen-bond acceptors (Lipinski definition) is 12. The van der Waals surface area contributed by atoms with E-state index in [4.69, 9.17) is 28.4 Å². The second-order valence-electron chi connectivity index (χ2n) is 8.91. The highest BCUT2D eigenvalue weighted by atomic mass is 16.6. The summed E-state index contributed by atoms with van der Waals surface area (Å²) in [6.45, 7) is 4.62. The molecule has 2 aliphatic rings. The van der Waals surface area contributed by atoms with Gasteiger partial charge in [0.05, 0.1) is 33.0 Å². The van der Waals surface area contributed by atoms with E-state index in [-0.39, 0.29) is 29.9 Å². The molecule has 2 aliphatic heterocycles. The molecule has 3 unspecified atom stereocenters. The molecule has 0 aromatic heterocycles. The number of carbonyl (C=O) groups excluding carboxylic acids is 3. The zero-order valence-corrected chi connectivity index (χ0v) is 20.7. The molecule has 3 atom stereocenters. The molecule has 0 bridgehead atoms. The molecule has 202 valence electrons. The van der Waals surface area contributed by atoms with E-state index < -0.39 is 81.0 Å². The number of carbonyl (C=O) groups is 3. The first-order valence-electron chi connectivity index (χ1n) is 11.3. The Kier molecular flexibility index (Phi) is 10.8. The zero-order chi connectivity index (χ0) is 26.9. The van der Waals surface area contributed by atoms with Crippen LogP contribution in [0.25, 0.3) is 0 Å². The van der Waals surface area contributed by atoms with Crippen LogP contribution in [0.4, 0.5) is 0 Å². The average molecular weight is 515 g/mol. The fourth-order valence-electron chi connectivity index (χ4n) is 3.36. The number of aliphatic hydroxyl groups is 3. The number of rotatable bonds is 8. The summed E-state index contributed by atoms with van der Waals surface area (Å²) in [6.07, 6.45) is -0.0840. The molecule has 0 saturated carbocycles. The Labute approximate surface area is 209 Å². The molecule has 36 heavy (non-hydrogen) atoms. The Bertz CT molecular complexity index is 842. The third-order valence-electron chi connectivity index (χ3n) is 5.46. The molecule has 0 aromatic rings. The summed E-state index contributed by atoms with van der Waals surface area (Å²) in [5.41, 5.74) is -3.68. The Morgan fingerprint density at radius 3 is 1.89 bits per heavy atom. The van der Waals surface area contributed by atoms with E-state index in [1.807, 2.05) is 0 Å². The van der Waals surface area contributed by atoms with Gasteiger partial charge in [-0.3, -0.25) is 0 Å². The van der Waals surface area contributed by atoms with Crippen LogP contribution in [0.1, 0.15) is 20.8 Å². The normalized spacial score (nSPS) is 30.6. The molecule has 2 heterocycles. The summed E-state index contributed by atoms with van der Waals surface area (Å²) in [5, 5.41) is 33.4. The zero-order valence-electron chi connectivity index (χ0n) is 20.7. The number of cyclic esters (lactones) is 2. The Morgan fingerprint density at radius 2 is 1.44 bits per heavy atom.